The van der Waals surface area contributed by atoms with Gasteiger partial charge in [0, 0.05) is 18.8 Å². The first-order valence-electron chi connectivity index (χ1n) is 6.57. The minimum atomic E-state index is -0.0279. The summed E-state index contributed by atoms with van der Waals surface area (Å²) < 4.78 is 0. The lowest BCUT2D eigenvalue weighted by Crippen LogP contribution is -2.23. The number of anilines is 1. The second-order valence-corrected chi connectivity index (χ2v) is 4.57. The molecule has 0 bridgehead atoms. The van der Waals surface area contributed by atoms with Crippen molar-refractivity contribution in [2.45, 2.75) is 26.4 Å². The Morgan fingerprint density at radius 1 is 1.21 bits per heavy atom. The fourth-order valence-corrected chi connectivity index (χ4v) is 1.93. The number of rotatable bonds is 5. The summed E-state index contributed by atoms with van der Waals surface area (Å²) in [5, 5.41) is 0. The molecule has 1 atom stereocenters. The Labute approximate surface area is 114 Å². The molecule has 2 heterocycles. The van der Waals surface area contributed by atoms with Crippen LogP contribution in [0, 0.1) is 0 Å². The van der Waals surface area contributed by atoms with Crippen LogP contribution in [0.4, 0.5) is 5.69 Å². The Bertz CT molecular complexity index is 493. The molecule has 4 heteroatoms. The van der Waals surface area contributed by atoms with E-state index in [1.807, 2.05) is 43.6 Å². The number of hydrogen-bond donors (Lipinski definition) is 1. The van der Waals surface area contributed by atoms with Gasteiger partial charge in [0.2, 0.25) is 0 Å². The highest BCUT2D eigenvalue weighted by atomic mass is 15.1. The molecule has 2 aromatic heterocycles. The van der Waals surface area contributed by atoms with Crippen molar-refractivity contribution in [3.05, 3.63) is 54.1 Å². The predicted molar refractivity (Wildman–Crippen MR) is 77.8 cm³/mol. The quantitative estimate of drug-likeness (QED) is 0.893. The summed E-state index contributed by atoms with van der Waals surface area (Å²) in [7, 11) is 0. The molecule has 0 aliphatic rings. The summed E-state index contributed by atoms with van der Waals surface area (Å²) in [4.78, 5) is 11.0. The van der Waals surface area contributed by atoms with Crippen LogP contribution in [0.1, 0.15) is 31.3 Å². The van der Waals surface area contributed by atoms with E-state index in [0.717, 1.165) is 30.2 Å². The summed E-state index contributed by atoms with van der Waals surface area (Å²) in [6, 6.07) is 10.00. The second-order valence-electron chi connectivity index (χ2n) is 4.57. The van der Waals surface area contributed by atoms with Gasteiger partial charge in [0.1, 0.15) is 0 Å². The predicted octanol–water partition coefficient (Wildman–Crippen LogP) is 2.52. The van der Waals surface area contributed by atoms with E-state index in [2.05, 4.69) is 27.9 Å². The Balaban J connectivity index is 2.13. The molecule has 0 amide bonds. The van der Waals surface area contributed by atoms with Crippen LogP contribution in [0.25, 0.3) is 0 Å². The molecule has 2 N–H and O–H groups in total. The molecule has 4 nitrogen and oxygen atoms in total. The highest BCUT2D eigenvalue weighted by Crippen LogP contribution is 2.17. The molecule has 0 fully saturated rings. The average Bonchev–Trinajstić information content (AvgIpc) is 2.46. The van der Waals surface area contributed by atoms with Crippen molar-refractivity contribution in [1.82, 2.24) is 9.97 Å². The van der Waals surface area contributed by atoms with Gasteiger partial charge in [-0.25, -0.2) is 0 Å². The lowest BCUT2D eigenvalue weighted by molar-refractivity contribution is 0.771. The second kappa shape index (κ2) is 6.29. The SMILES string of the molecule is CCN(Cc1ccccn1)c1ccc(C(C)N)nc1. The van der Waals surface area contributed by atoms with E-state index in [0.29, 0.717) is 0 Å². The summed E-state index contributed by atoms with van der Waals surface area (Å²) >= 11 is 0. The Morgan fingerprint density at radius 2 is 2.05 bits per heavy atom. The maximum Gasteiger partial charge on any atom is 0.0602 e. The van der Waals surface area contributed by atoms with E-state index in [1.165, 1.54) is 0 Å². The topological polar surface area (TPSA) is 55.0 Å². The van der Waals surface area contributed by atoms with Crippen LogP contribution in [-0.2, 0) is 6.54 Å². The third-order valence-electron chi connectivity index (χ3n) is 3.06. The minimum absolute atomic E-state index is 0.0279. The molecular formula is C15H20N4. The summed E-state index contributed by atoms with van der Waals surface area (Å²) in [5.41, 5.74) is 8.88. The maximum atomic E-state index is 5.81. The highest BCUT2D eigenvalue weighted by Gasteiger charge is 2.07. The molecule has 0 aliphatic carbocycles. The van der Waals surface area contributed by atoms with Crippen LogP contribution >= 0.6 is 0 Å². The van der Waals surface area contributed by atoms with Gasteiger partial charge in [-0.2, -0.15) is 0 Å². The zero-order valence-corrected chi connectivity index (χ0v) is 11.5. The van der Waals surface area contributed by atoms with E-state index >= 15 is 0 Å². The van der Waals surface area contributed by atoms with Gasteiger partial charge in [0.25, 0.3) is 0 Å². The first kappa shape index (κ1) is 13.5. The summed E-state index contributed by atoms with van der Waals surface area (Å²) in [6.07, 6.45) is 3.70. The molecule has 0 spiro atoms. The standard InChI is InChI=1S/C15H20N4/c1-3-19(11-13-6-4-5-9-17-13)14-7-8-15(12(2)16)18-10-14/h4-10,12H,3,11,16H2,1-2H3. The van der Waals surface area contributed by atoms with E-state index in [-0.39, 0.29) is 6.04 Å². The van der Waals surface area contributed by atoms with Crippen LogP contribution in [-0.4, -0.2) is 16.5 Å². The van der Waals surface area contributed by atoms with E-state index < -0.39 is 0 Å². The van der Waals surface area contributed by atoms with Crippen molar-refractivity contribution < 1.29 is 0 Å². The molecule has 19 heavy (non-hydrogen) atoms. The van der Waals surface area contributed by atoms with Crippen molar-refractivity contribution >= 4 is 5.69 Å². The number of nitrogens with zero attached hydrogens (tertiary/aromatic N) is 3. The number of pyridine rings is 2. The monoisotopic (exact) mass is 256 g/mol. The molecule has 0 aliphatic heterocycles. The van der Waals surface area contributed by atoms with Crippen molar-refractivity contribution in [3.63, 3.8) is 0 Å². The molecule has 0 saturated heterocycles. The molecule has 0 aromatic carbocycles. The summed E-state index contributed by atoms with van der Waals surface area (Å²) in [5.74, 6) is 0. The van der Waals surface area contributed by atoms with Gasteiger partial charge in [-0.05, 0) is 38.1 Å². The first-order valence-corrected chi connectivity index (χ1v) is 6.57. The minimum Gasteiger partial charge on any atom is -0.365 e. The molecule has 1 unspecified atom stereocenters. The highest BCUT2D eigenvalue weighted by molar-refractivity contribution is 5.45. The number of aromatic nitrogens is 2. The van der Waals surface area contributed by atoms with Crippen LogP contribution < -0.4 is 10.6 Å². The normalized spacial score (nSPS) is 12.2. The average molecular weight is 256 g/mol. The van der Waals surface area contributed by atoms with Crippen molar-refractivity contribution in [2.24, 2.45) is 5.73 Å². The summed E-state index contributed by atoms with van der Waals surface area (Å²) in [6.45, 7) is 5.77. The van der Waals surface area contributed by atoms with Gasteiger partial charge in [0.05, 0.1) is 29.8 Å². The zero-order valence-electron chi connectivity index (χ0n) is 11.5. The number of hydrogen-bond acceptors (Lipinski definition) is 4. The third-order valence-corrected chi connectivity index (χ3v) is 3.06. The van der Waals surface area contributed by atoms with Crippen molar-refractivity contribution in [2.75, 3.05) is 11.4 Å². The van der Waals surface area contributed by atoms with Gasteiger partial charge in [-0.1, -0.05) is 6.07 Å². The molecule has 2 aromatic rings. The Morgan fingerprint density at radius 3 is 2.58 bits per heavy atom. The largest absolute Gasteiger partial charge is 0.365 e. The fraction of sp³-hybridized carbons (Fsp3) is 0.333. The van der Waals surface area contributed by atoms with E-state index in [9.17, 15) is 0 Å². The Kier molecular flexibility index (Phi) is 4.47. The molecule has 2 rings (SSSR count). The van der Waals surface area contributed by atoms with E-state index in [1.54, 1.807) is 0 Å². The van der Waals surface area contributed by atoms with Crippen molar-refractivity contribution in [3.8, 4) is 0 Å². The molecule has 100 valence electrons. The maximum absolute atomic E-state index is 5.81. The van der Waals surface area contributed by atoms with Gasteiger partial charge in [0.15, 0.2) is 0 Å². The van der Waals surface area contributed by atoms with Gasteiger partial charge < -0.3 is 10.6 Å². The first-order chi connectivity index (χ1) is 9.20. The smallest absolute Gasteiger partial charge is 0.0602 e. The van der Waals surface area contributed by atoms with Crippen LogP contribution in [0.3, 0.4) is 0 Å². The lowest BCUT2D eigenvalue weighted by atomic mass is 10.2. The van der Waals surface area contributed by atoms with Crippen molar-refractivity contribution in [1.29, 1.82) is 0 Å². The van der Waals surface area contributed by atoms with Crippen LogP contribution in [0.2, 0.25) is 0 Å². The molecule has 0 radical (unpaired) electrons. The van der Waals surface area contributed by atoms with Gasteiger partial charge in [-0.3, -0.25) is 9.97 Å². The van der Waals surface area contributed by atoms with Gasteiger partial charge in [-0.15, -0.1) is 0 Å². The fourth-order valence-electron chi connectivity index (χ4n) is 1.93. The molecule has 0 saturated carbocycles. The van der Waals surface area contributed by atoms with E-state index in [4.69, 9.17) is 5.73 Å². The van der Waals surface area contributed by atoms with Gasteiger partial charge >= 0.3 is 0 Å². The van der Waals surface area contributed by atoms with Crippen LogP contribution in [0.5, 0.6) is 0 Å². The Hall–Kier alpha value is -1.94. The van der Waals surface area contributed by atoms with Crippen LogP contribution in [0.15, 0.2) is 42.7 Å². The third kappa shape index (κ3) is 3.51. The lowest BCUT2D eigenvalue weighted by Gasteiger charge is -2.22. The number of nitrogens with two attached hydrogens (primary N) is 1. The molecular weight excluding hydrogens is 236 g/mol. The zero-order chi connectivity index (χ0) is 13.7.